The van der Waals surface area contributed by atoms with Crippen LogP contribution in [0.4, 0.5) is 0 Å². The lowest BCUT2D eigenvalue weighted by Crippen LogP contribution is -2.47. The first kappa shape index (κ1) is 20.7. The fourth-order valence-corrected chi connectivity index (χ4v) is 6.13. The number of rotatable bonds is 4. The van der Waals surface area contributed by atoms with E-state index in [4.69, 9.17) is 0 Å². The second-order valence-electron chi connectivity index (χ2n) is 9.34. The van der Waals surface area contributed by atoms with Gasteiger partial charge in [0.05, 0.1) is 5.52 Å². The Morgan fingerprint density at radius 3 is 2.70 bits per heavy atom. The molecule has 2 atom stereocenters. The maximum Gasteiger partial charge on any atom is 0.250 e. The predicted octanol–water partition coefficient (Wildman–Crippen LogP) is 5.40. The third-order valence-corrected chi connectivity index (χ3v) is 7.86. The highest BCUT2D eigenvalue weighted by Gasteiger charge is 2.36. The van der Waals surface area contributed by atoms with Crippen molar-refractivity contribution in [3.05, 3.63) is 94.5 Å². The molecule has 0 spiro atoms. The van der Waals surface area contributed by atoms with Gasteiger partial charge in [-0.1, -0.05) is 30.3 Å². The van der Waals surface area contributed by atoms with E-state index in [1.54, 1.807) is 17.8 Å². The van der Waals surface area contributed by atoms with Crippen LogP contribution in [0.25, 0.3) is 22.0 Å². The Morgan fingerprint density at radius 1 is 1.00 bits per heavy atom. The lowest BCUT2D eigenvalue weighted by atomic mass is 9.80. The molecule has 2 aromatic heterocycles. The summed E-state index contributed by atoms with van der Waals surface area (Å²) in [5, 5.41) is 1.19. The summed E-state index contributed by atoms with van der Waals surface area (Å²) < 4.78 is 2.06. The van der Waals surface area contributed by atoms with Gasteiger partial charge in [0.25, 0.3) is 5.56 Å². The average molecular weight is 454 g/mol. The van der Waals surface area contributed by atoms with Gasteiger partial charge in [0.1, 0.15) is 0 Å². The number of nitrogens with zero attached hydrogens (tertiary/aromatic N) is 3. The molecular formula is C28H27N3OS. The minimum Gasteiger partial charge on any atom is -0.311 e. The van der Waals surface area contributed by atoms with Gasteiger partial charge in [0, 0.05) is 65.9 Å². The zero-order valence-corrected chi connectivity index (χ0v) is 19.6. The monoisotopic (exact) mass is 453 g/mol. The van der Waals surface area contributed by atoms with Crippen molar-refractivity contribution in [1.82, 2.24) is 14.5 Å². The number of piperidine rings is 1. The number of fused-ring (bicyclic) bond motifs is 5. The summed E-state index contributed by atoms with van der Waals surface area (Å²) in [6.45, 7) is 3.72. The van der Waals surface area contributed by atoms with Gasteiger partial charge < -0.3 is 4.57 Å². The SMILES string of the molecule is CSc1ccc(-c2ccc(=O)n3c2C2CC(CN(Cc4cnc5ccccc5c4)C2)C3)cc1. The molecule has 2 unspecified atom stereocenters. The molecule has 0 saturated carbocycles. The van der Waals surface area contributed by atoms with Crippen molar-refractivity contribution in [1.29, 1.82) is 0 Å². The topological polar surface area (TPSA) is 38.1 Å². The third-order valence-electron chi connectivity index (χ3n) is 7.12. The molecule has 33 heavy (non-hydrogen) atoms. The molecular weight excluding hydrogens is 426 g/mol. The Labute approximate surface area is 198 Å². The minimum atomic E-state index is 0.136. The number of para-hydroxylation sites is 1. The van der Waals surface area contributed by atoms with E-state index in [1.807, 2.05) is 18.3 Å². The van der Waals surface area contributed by atoms with Crippen LogP contribution in [-0.4, -0.2) is 33.8 Å². The quantitative estimate of drug-likeness (QED) is 0.388. The summed E-state index contributed by atoms with van der Waals surface area (Å²) in [6.07, 6.45) is 5.27. The Balaban J connectivity index is 1.32. The van der Waals surface area contributed by atoms with Crippen molar-refractivity contribution in [3.63, 3.8) is 0 Å². The van der Waals surface area contributed by atoms with Crippen molar-refractivity contribution in [3.8, 4) is 11.1 Å². The fourth-order valence-electron chi connectivity index (χ4n) is 5.72. The molecule has 0 amide bonds. The van der Waals surface area contributed by atoms with Crippen molar-refractivity contribution in [2.75, 3.05) is 19.3 Å². The largest absolute Gasteiger partial charge is 0.311 e. The Hall–Kier alpha value is -2.89. The first-order valence-corrected chi connectivity index (χ1v) is 12.8. The highest BCUT2D eigenvalue weighted by molar-refractivity contribution is 7.98. The molecule has 2 aliphatic rings. The molecule has 0 N–H and O–H groups in total. The summed E-state index contributed by atoms with van der Waals surface area (Å²) in [7, 11) is 0. The molecule has 1 saturated heterocycles. The Bertz CT molecular complexity index is 1380. The second kappa shape index (κ2) is 8.47. The van der Waals surface area contributed by atoms with Crippen LogP contribution < -0.4 is 5.56 Å². The molecule has 2 aromatic carbocycles. The number of likely N-dealkylation sites (tertiary alicyclic amines) is 1. The number of hydrogen-bond donors (Lipinski definition) is 0. The predicted molar refractivity (Wildman–Crippen MR) is 136 cm³/mol. The first-order valence-electron chi connectivity index (χ1n) is 11.6. The van der Waals surface area contributed by atoms with Crippen LogP contribution in [0, 0.1) is 5.92 Å². The number of thioether (sulfide) groups is 1. The van der Waals surface area contributed by atoms with Gasteiger partial charge in [-0.2, -0.15) is 0 Å². The van der Waals surface area contributed by atoms with E-state index in [-0.39, 0.29) is 5.56 Å². The molecule has 5 heteroatoms. The van der Waals surface area contributed by atoms with Gasteiger partial charge in [-0.15, -0.1) is 11.8 Å². The van der Waals surface area contributed by atoms with Gasteiger partial charge in [-0.05, 0) is 60.1 Å². The van der Waals surface area contributed by atoms with Crippen molar-refractivity contribution >= 4 is 22.7 Å². The normalized spacial score (nSPS) is 20.0. The number of benzene rings is 2. The Morgan fingerprint density at radius 2 is 1.85 bits per heavy atom. The molecule has 2 bridgehead atoms. The molecule has 4 heterocycles. The minimum absolute atomic E-state index is 0.136. The number of aromatic nitrogens is 2. The van der Waals surface area contributed by atoms with Gasteiger partial charge in [0.2, 0.25) is 0 Å². The van der Waals surface area contributed by atoms with Gasteiger partial charge in [-0.25, -0.2) is 0 Å². The maximum atomic E-state index is 12.8. The van der Waals surface area contributed by atoms with Crippen molar-refractivity contribution in [2.24, 2.45) is 5.92 Å². The zero-order chi connectivity index (χ0) is 22.4. The highest BCUT2D eigenvalue weighted by atomic mass is 32.2. The van der Waals surface area contributed by atoms with Crippen LogP contribution in [0.5, 0.6) is 0 Å². The van der Waals surface area contributed by atoms with Gasteiger partial charge >= 0.3 is 0 Å². The van der Waals surface area contributed by atoms with Crippen LogP contribution in [0.15, 0.2) is 82.6 Å². The van der Waals surface area contributed by atoms with Gasteiger partial charge in [-0.3, -0.25) is 14.7 Å². The van der Waals surface area contributed by atoms with E-state index in [0.717, 1.165) is 38.1 Å². The number of hydrogen-bond acceptors (Lipinski definition) is 4. The summed E-state index contributed by atoms with van der Waals surface area (Å²) in [4.78, 5) is 21.3. The molecule has 4 nitrogen and oxygen atoms in total. The zero-order valence-electron chi connectivity index (χ0n) is 18.8. The molecule has 4 aromatic rings. The van der Waals surface area contributed by atoms with Crippen LogP contribution >= 0.6 is 11.8 Å². The van der Waals surface area contributed by atoms with E-state index in [0.29, 0.717) is 11.8 Å². The molecule has 0 radical (unpaired) electrons. The van der Waals surface area contributed by atoms with Crippen LogP contribution in [0.1, 0.15) is 23.6 Å². The van der Waals surface area contributed by atoms with E-state index < -0.39 is 0 Å². The van der Waals surface area contributed by atoms with Crippen LogP contribution in [0.2, 0.25) is 0 Å². The standard InChI is InChI=1S/C28H27N3OS/c1-33-24-8-6-21(7-9-24)25-10-11-27(32)31-17-20-13-23(28(25)31)18-30(16-20)15-19-12-22-4-2-3-5-26(22)29-14-19/h2-12,14,20,23H,13,15-18H2,1H3. The lowest BCUT2D eigenvalue weighted by Gasteiger charge is -2.43. The first-order chi connectivity index (χ1) is 16.2. The molecule has 1 fully saturated rings. The van der Waals surface area contributed by atoms with Crippen LogP contribution in [0.3, 0.4) is 0 Å². The van der Waals surface area contributed by atoms with E-state index in [2.05, 4.69) is 69.2 Å². The molecule has 6 rings (SSSR count). The summed E-state index contributed by atoms with van der Waals surface area (Å²) in [5.41, 5.74) is 6.06. The van der Waals surface area contributed by atoms with E-state index in [9.17, 15) is 4.79 Å². The summed E-state index contributed by atoms with van der Waals surface area (Å²) in [6, 6.07) is 23.1. The van der Waals surface area contributed by atoms with Crippen molar-refractivity contribution in [2.45, 2.75) is 30.3 Å². The average Bonchev–Trinajstić information content (AvgIpc) is 2.85. The highest BCUT2D eigenvalue weighted by Crippen LogP contribution is 2.40. The Kier molecular flexibility index (Phi) is 5.31. The van der Waals surface area contributed by atoms with E-state index >= 15 is 0 Å². The second-order valence-corrected chi connectivity index (χ2v) is 10.2. The fraction of sp³-hybridized carbons (Fsp3) is 0.286. The van der Waals surface area contributed by atoms with Crippen molar-refractivity contribution < 1.29 is 0 Å². The third kappa shape index (κ3) is 3.90. The molecule has 2 aliphatic heterocycles. The maximum absolute atomic E-state index is 12.8. The molecule has 166 valence electrons. The van der Waals surface area contributed by atoms with E-state index in [1.165, 1.54) is 32.7 Å². The van der Waals surface area contributed by atoms with Gasteiger partial charge in [0.15, 0.2) is 0 Å². The lowest BCUT2D eigenvalue weighted by molar-refractivity contribution is 0.114. The number of pyridine rings is 2. The summed E-state index contributed by atoms with van der Waals surface area (Å²) >= 11 is 1.75. The smallest absolute Gasteiger partial charge is 0.250 e. The van der Waals surface area contributed by atoms with Crippen LogP contribution in [-0.2, 0) is 13.1 Å². The summed E-state index contributed by atoms with van der Waals surface area (Å²) in [5.74, 6) is 0.881. The molecule has 0 aliphatic carbocycles.